The number of rotatable bonds is 3. The number of nitrogens with zero attached hydrogens (tertiary/aromatic N) is 1. The summed E-state index contributed by atoms with van der Waals surface area (Å²) in [5.74, 6) is 0. The monoisotopic (exact) mass is 212 g/mol. The third kappa shape index (κ3) is 1.96. The Balaban J connectivity index is 1.85. The fourth-order valence-corrected chi connectivity index (χ4v) is 2.08. The minimum absolute atomic E-state index is 0.699. The van der Waals surface area contributed by atoms with Crippen LogP contribution in [0.2, 0.25) is 0 Å². The Labute approximate surface area is 88.2 Å². The van der Waals surface area contributed by atoms with Crippen LogP contribution in [0.1, 0.15) is 6.42 Å². The molecule has 3 heterocycles. The molecule has 69 valence electrons. The van der Waals surface area contributed by atoms with Gasteiger partial charge in [-0.3, -0.25) is 0 Å². The van der Waals surface area contributed by atoms with Crippen molar-refractivity contribution >= 4 is 4.73 Å². The summed E-state index contributed by atoms with van der Waals surface area (Å²) in [6, 6.07) is 1.40. The molecule has 3 fully saturated rings. The van der Waals surface area contributed by atoms with Crippen molar-refractivity contribution in [2.45, 2.75) is 18.5 Å². The Kier molecular flexibility index (Phi) is 3.04. The van der Waals surface area contributed by atoms with Crippen molar-refractivity contribution in [1.29, 1.82) is 0 Å². The summed E-state index contributed by atoms with van der Waals surface area (Å²) < 4.78 is 1.96. The molecule has 2 nitrogen and oxygen atoms in total. The maximum absolute atomic E-state index is 3.39. The second kappa shape index (κ2) is 4.27. The molecule has 3 aliphatic rings. The van der Waals surface area contributed by atoms with E-state index in [-0.39, 0.29) is 0 Å². The third-order valence-electron chi connectivity index (χ3n) is 2.61. The molecule has 0 aromatic carbocycles. The van der Waals surface area contributed by atoms with Crippen LogP contribution in [0, 0.1) is 6.20 Å². The van der Waals surface area contributed by atoms with Crippen molar-refractivity contribution in [2.24, 2.45) is 0 Å². The van der Waals surface area contributed by atoms with E-state index in [1.54, 1.807) is 0 Å². The molecule has 0 aromatic heterocycles. The molecule has 13 heavy (non-hydrogen) atoms. The zero-order chi connectivity index (χ0) is 9.10. The average molecular weight is 212 g/mol. The molecule has 3 saturated heterocycles. The van der Waals surface area contributed by atoms with E-state index in [4.69, 9.17) is 0 Å². The normalized spacial score (nSPS) is 32.4. The molecule has 0 spiro atoms. The molecule has 2 bridgehead atoms. The molecule has 1 N–H and O–H groups in total. The van der Waals surface area contributed by atoms with E-state index in [0.717, 1.165) is 13.1 Å². The molecule has 0 amide bonds. The van der Waals surface area contributed by atoms with Gasteiger partial charge in [0.1, 0.15) is 0 Å². The van der Waals surface area contributed by atoms with Crippen molar-refractivity contribution in [3.8, 4) is 0 Å². The van der Waals surface area contributed by atoms with Crippen LogP contribution in [0.15, 0.2) is 18.2 Å². The molecule has 3 rings (SSSR count). The van der Waals surface area contributed by atoms with Gasteiger partial charge in [-0.1, -0.05) is 0 Å². The summed E-state index contributed by atoms with van der Waals surface area (Å²) in [4.78, 5) is 2.34. The van der Waals surface area contributed by atoms with Crippen molar-refractivity contribution < 1.29 is 17.0 Å². The first kappa shape index (κ1) is 9.26. The molecule has 3 aliphatic heterocycles. The van der Waals surface area contributed by atoms with Crippen molar-refractivity contribution in [3.05, 3.63) is 24.4 Å². The number of fused-ring (bicyclic) bond motifs is 2. The topological polar surface area (TPSA) is 15.3 Å². The summed E-state index contributed by atoms with van der Waals surface area (Å²) in [5, 5.41) is 3.39. The van der Waals surface area contributed by atoms with E-state index < -0.39 is 0 Å². The first-order valence-electron chi connectivity index (χ1n) is 4.63. The van der Waals surface area contributed by atoms with Gasteiger partial charge >= 0.3 is 87.9 Å². The van der Waals surface area contributed by atoms with Crippen LogP contribution in [0.25, 0.3) is 0 Å². The van der Waals surface area contributed by atoms with Crippen LogP contribution in [0.3, 0.4) is 0 Å². The number of allylic oxidation sites excluding steroid dienone is 3. The van der Waals surface area contributed by atoms with Gasteiger partial charge in [0.15, 0.2) is 0 Å². The van der Waals surface area contributed by atoms with E-state index in [0.29, 0.717) is 12.1 Å². The summed E-state index contributed by atoms with van der Waals surface area (Å²) in [6.45, 7) is 2.25. The minimum atomic E-state index is 0.699. The Morgan fingerprint density at radius 2 is 2.08 bits per heavy atom. The molecule has 0 aromatic rings. The zero-order valence-electron chi connectivity index (χ0n) is 7.48. The molecule has 0 radical (unpaired) electrons. The third-order valence-corrected chi connectivity index (χ3v) is 2.88. The van der Waals surface area contributed by atoms with E-state index >= 15 is 0 Å². The Bertz CT molecular complexity index is 233. The summed E-state index contributed by atoms with van der Waals surface area (Å²) in [6.07, 6.45) is 10.7. The average Bonchev–Trinajstić information content (AvgIpc) is 2.18. The number of hydrogen-bond acceptors (Lipinski definition) is 2. The van der Waals surface area contributed by atoms with Crippen LogP contribution >= 0.6 is 0 Å². The van der Waals surface area contributed by atoms with Gasteiger partial charge in [-0.2, -0.15) is 0 Å². The molecule has 3 heteroatoms. The summed E-state index contributed by atoms with van der Waals surface area (Å²) >= 11 is 2.42. The van der Waals surface area contributed by atoms with Gasteiger partial charge in [0, 0.05) is 0 Å². The van der Waals surface area contributed by atoms with Gasteiger partial charge in [0.25, 0.3) is 0 Å². The van der Waals surface area contributed by atoms with Gasteiger partial charge in [0.2, 0.25) is 0 Å². The molecular formula is C10H13N2V-. The fourth-order valence-electron chi connectivity index (χ4n) is 1.93. The summed E-state index contributed by atoms with van der Waals surface area (Å²) in [7, 11) is 0. The number of nitrogens with one attached hydrogen (secondary N) is 1. The first-order chi connectivity index (χ1) is 6.42. The van der Waals surface area contributed by atoms with E-state index in [2.05, 4.69) is 33.4 Å². The van der Waals surface area contributed by atoms with E-state index in [1.807, 2.05) is 23.0 Å². The standard InChI is InChI=1S/C10H13N2.V/c1-2-3-4-5-12-9-6-10(12)8-11-7-9;/h1-4,9-11H,6-8H2;/q-1;/b3-2-;. The predicted molar refractivity (Wildman–Crippen MR) is 49.9 cm³/mol. The SMILES string of the molecule is [V]=[CH]/C=C\C=[C-]N1C2CNCC1C2. The van der Waals surface area contributed by atoms with Gasteiger partial charge in [-0.15, -0.1) is 0 Å². The van der Waals surface area contributed by atoms with Crippen molar-refractivity contribution in [1.82, 2.24) is 10.2 Å². The summed E-state index contributed by atoms with van der Waals surface area (Å²) in [5.41, 5.74) is 0. The van der Waals surface area contributed by atoms with Crippen LogP contribution in [-0.2, 0) is 17.0 Å². The molecule has 0 saturated carbocycles. The second-order valence-corrected chi connectivity index (χ2v) is 3.90. The fraction of sp³-hybridized carbons (Fsp3) is 0.500. The molecule has 0 aliphatic carbocycles. The second-order valence-electron chi connectivity index (χ2n) is 3.44. The zero-order valence-corrected chi connectivity index (χ0v) is 8.88. The van der Waals surface area contributed by atoms with Crippen LogP contribution in [0.4, 0.5) is 0 Å². The van der Waals surface area contributed by atoms with Crippen LogP contribution in [0.5, 0.6) is 0 Å². The van der Waals surface area contributed by atoms with Crippen LogP contribution < -0.4 is 5.32 Å². The van der Waals surface area contributed by atoms with Gasteiger partial charge in [-0.05, 0) is 0 Å². The molecule has 2 atom stereocenters. The Hall–Kier alpha value is -0.306. The van der Waals surface area contributed by atoms with E-state index in [1.165, 1.54) is 6.42 Å². The van der Waals surface area contributed by atoms with Gasteiger partial charge < -0.3 is 0 Å². The van der Waals surface area contributed by atoms with E-state index in [9.17, 15) is 0 Å². The number of piperidine rings is 1. The van der Waals surface area contributed by atoms with Gasteiger partial charge in [0.05, 0.1) is 0 Å². The maximum atomic E-state index is 3.39. The quantitative estimate of drug-likeness (QED) is 0.533. The van der Waals surface area contributed by atoms with Crippen molar-refractivity contribution in [2.75, 3.05) is 13.1 Å². The van der Waals surface area contributed by atoms with Crippen LogP contribution in [-0.4, -0.2) is 34.8 Å². The Morgan fingerprint density at radius 1 is 1.31 bits per heavy atom. The van der Waals surface area contributed by atoms with Crippen molar-refractivity contribution in [3.63, 3.8) is 0 Å². The molecule has 2 unspecified atom stereocenters. The first-order valence-corrected chi connectivity index (χ1v) is 5.43. The Morgan fingerprint density at radius 3 is 2.69 bits per heavy atom. The number of hydrogen-bond donors (Lipinski definition) is 1. The number of piperazine rings is 1. The van der Waals surface area contributed by atoms with Gasteiger partial charge in [-0.25, -0.2) is 0 Å². The molecular weight excluding hydrogens is 199 g/mol. The predicted octanol–water partition coefficient (Wildman–Crippen LogP) is 0.255.